The molecule has 0 saturated heterocycles. The number of benzene rings is 1. The van der Waals surface area contributed by atoms with Crippen LogP contribution in [0.3, 0.4) is 0 Å². The van der Waals surface area contributed by atoms with Crippen LogP contribution in [0.1, 0.15) is 5.69 Å². The Bertz CT molecular complexity index is 985. The Morgan fingerprint density at radius 1 is 1.16 bits per heavy atom. The first-order valence-corrected chi connectivity index (χ1v) is 7.19. The van der Waals surface area contributed by atoms with Gasteiger partial charge in [0.25, 0.3) is 0 Å². The molecule has 3 aromatic rings. The van der Waals surface area contributed by atoms with E-state index in [4.69, 9.17) is 4.74 Å². The van der Waals surface area contributed by atoms with E-state index in [9.17, 15) is 18.0 Å². The van der Waals surface area contributed by atoms with Crippen LogP contribution in [-0.2, 0) is 6.18 Å². The number of para-hydroxylation sites is 1. The fourth-order valence-electron chi connectivity index (χ4n) is 2.48. The van der Waals surface area contributed by atoms with Crippen molar-refractivity contribution in [1.29, 1.82) is 0 Å². The minimum atomic E-state index is -4.69. The number of rotatable bonds is 3. The van der Waals surface area contributed by atoms with Crippen molar-refractivity contribution in [2.75, 3.05) is 19.5 Å². The van der Waals surface area contributed by atoms with E-state index < -0.39 is 17.6 Å². The molecule has 9 heteroatoms. The Kier molecular flexibility index (Phi) is 4.07. The topological polar surface area (TPSA) is 69.0 Å². The summed E-state index contributed by atoms with van der Waals surface area (Å²) in [5.41, 5.74) is -1.75. The molecule has 6 nitrogen and oxygen atoms in total. The predicted molar refractivity (Wildman–Crippen MR) is 86.2 cm³/mol. The van der Waals surface area contributed by atoms with E-state index in [0.29, 0.717) is 5.69 Å². The highest BCUT2D eigenvalue weighted by atomic mass is 19.4. The second-order valence-corrected chi connectivity index (χ2v) is 5.07. The van der Waals surface area contributed by atoms with Gasteiger partial charge in [-0.15, -0.1) is 0 Å². The maximum atomic E-state index is 13.2. The number of aromatic nitrogens is 3. The van der Waals surface area contributed by atoms with Crippen molar-refractivity contribution in [3.63, 3.8) is 0 Å². The molecule has 0 bridgehead atoms. The predicted octanol–water partition coefficient (Wildman–Crippen LogP) is 2.85. The number of ether oxygens (including phenoxy) is 1. The quantitative estimate of drug-likeness (QED) is 0.787. The van der Waals surface area contributed by atoms with E-state index in [0.717, 1.165) is 10.6 Å². The average Bonchev–Trinajstić information content (AvgIpc) is 2.59. The van der Waals surface area contributed by atoms with Gasteiger partial charge in [-0.05, 0) is 12.1 Å². The fourth-order valence-corrected chi connectivity index (χ4v) is 2.48. The van der Waals surface area contributed by atoms with E-state index in [1.165, 1.54) is 14.2 Å². The fraction of sp³-hybridized carbons (Fsp3) is 0.188. The van der Waals surface area contributed by atoms with Gasteiger partial charge in [0, 0.05) is 13.1 Å². The van der Waals surface area contributed by atoms with Gasteiger partial charge in [0.1, 0.15) is 17.0 Å². The molecule has 2 aromatic heterocycles. The normalized spacial score (nSPS) is 11.6. The molecule has 1 aromatic carbocycles. The second-order valence-electron chi connectivity index (χ2n) is 5.07. The zero-order valence-electron chi connectivity index (χ0n) is 13.3. The maximum Gasteiger partial charge on any atom is 0.433 e. The molecule has 0 aliphatic heterocycles. The molecule has 0 spiro atoms. The Labute approximate surface area is 139 Å². The van der Waals surface area contributed by atoms with Crippen LogP contribution in [0.4, 0.5) is 19.0 Å². The number of nitrogens with one attached hydrogen (secondary N) is 1. The molecule has 0 radical (unpaired) electrons. The molecular formula is C16H13F3N4O2. The molecular weight excluding hydrogens is 337 g/mol. The molecule has 0 atom stereocenters. The van der Waals surface area contributed by atoms with Crippen LogP contribution in [-0.4, -0.2) is 28.7 Å². The van der Waals surface area contributed by atoms with Crippen LogP contribution < -0.4 is 15.7 Å². The summed E-state index contributed by atoms with van der Waals surface area (Å²) in [6.45, 7) is 0. The third-order valence-corrected chi connectivity index (χ3v) is 3.57. The van der Waals surface area contributed by atoms with Gasteiger partial charge >= 0.3 is 11.9 Å². The Balaban J connectivity index is 2.52. The van der Waals surface area contributed by atoms with Crippen LogP contribution >= 0.6 is 0 Å². The SMILES string of the molecule is CNc1nc(=O)n(-c2ccccc2)c2nc(C(F)(F)F)cc(OC)c12. The number of hydrogen-bond donors (Lipinski definition) is 1. The van der Waals surface area contributed by atoms with Gasteiger partial charge in [-0.3, -0.25) is 0 Å². The molecule has 0 aliphatic carbocycles. The van der Waals surface area contributed by atoms with Gasteiger partial charge in [-0.1, -0.05) is 18.2 Å². The summed E-state index contributed by atoms with van der Waals surface area (Å²) >= 11 is 0. The maximum absolute atomic E-state index is 13.2. The first-order valence-electron chi connectivity index (χ1n) is 7.19. The Hall–Kier alpha value is -3.10. The van der Waals surface area contributed by atoms with Gasteiger partial charge < -0.3 is 10.1 Å². The molecule has 2 heterocycles. The first-order chi connectivity index (χ1) is 11.9. The van der Waals surface area contributed by atoms with Crippen LogP contribution in [0.2, 0.25) is 0 Å². The molecule has 0 saturated carbocycles. The van der Waals surface area contributed by atoms with E-state index in [2.05, 4.69) is 15.3 Å². The highest BCUT2D eigenvalue weighted by molar-refractivity contribution is 5.93. The smallest absolute Gasteiger partial charge is 0.433 e. The van der Waals surface area contributed by atoms with Crippen molar-refractivity contribution in [3.8, 4) is 11.4 Å². The second kappa shape index (κ2) is 6.08. The molecule has 25 heavy (non-hydrogen) atoms. The number of fused-ring (bicyclic) bond motifs is 1. The molecule has 130 valence electrons. The summed E-state index contributed by atoms with van der Waals surface area (Å²) in [6.07, 6.45) is -4.69. The number of pyridine rings is 1. The summed E-state index contributed by atoms with van der Waals surface area (Å²) in [4.78, 5) is 20.0. The zero-order valence-corrected chi connectivity index (χ0v) is 13.3. The van der Waals surface area contributed by atoms with Gasteiger partial charge in [-0.2, -0.15) is 18.2 Å². The number of nitrogens with zero attached hydrogens (tertiary/aromatic N) is 3. The average molecular weight is 350 g/mol. The molecule has 0 aliphatic rings. The molecule has 0 fully saturated rings. The van der Waals surface area contributed by atoms with E-state index in [1.807, 2.05) is 0 Å². The van der Waals surface area contributed by atoms with Gasteiger partial charge in [0.15, 0.2) is 11.3 Å². The summed E-state index contributed by atoms with van der Waals surface area (Å²) in [7, 11) is 2.75. The van der Waals surface area contributed by atoms with Crippen molar-refractivity contribution < 1.29 is 17.9 Å². The summed E-state index contributed by atoms with van der Waals surface area (Å²) < 4.78 is 45.8. The van der Waals surface area contributed by atoms with E-state index in [1.54, 1.807) is 30.3 Å². The van der Waals surface area contributed by atoms with Crippen molar-refractivity contribution in [2.24, 2.45) is 0 Å². The number of halogens is 3. The Morgan fingerprint density at radius 3 is 2.40 bits per heavy atom. The third-order valence-electron chi connectivity index (χ3n) is 3.57. The first kappa shape index (κ1) is 16.7. The highest BCUT2D eigenvalue weighted by Gasteiger charge is 2.34. The van der Waals surface area contributed by atoms with Crippen molar-refractivity contribution >= 4 is 16.9 Å². The molecule has 3 rings (SSSR count). The number of hydrogen-bond acceptors (Lipinski definition) is 5. The third kappa shape index (κ3) is 2.88. The molecule has 1 N–H and O–H groups in total. The van der Waals surface area contributed by atoms with Crippen LogP contribution in [0, 0.1) is 0 Å². The summed E-state index contributed by atoms with van der Waals surface area (Å²) in [5, 5.41) is 2.88. The standard InChI is InChI=1S/C16H13F3N4O2/c1-20-13-12-10(25-2)8-11(16(17,18)19)21-14(12)23(15(24)22-13)9-6-4-3-5-7-9/h3-8H,1-2H3,(H,20,22,24). The minimum Gasteiger partial charge on any atom is -0.496 e. The summed E-state index contributed by atoms with van der Waals surface area (Å²) in [6, 6.07) is 8.98. The van der Waals surface area contributed by atoms with Crippen molar-refractivity contribution in [2.45, 2.75) is 6.18 Å². The minimum absolute atomic E-state index is 0.0844. The van der Waals surface area contributed by atoms with Crippen molar-refractivity contribution in [3.05, 3.63) is 52.6 Å². The molecule has 0 amide bonds. The number of methoxy groups -OCH3 is 1. The highest BCUT2D eigenvalue weighted by Crippen LogP contribution is 2.36. The van der Waals surface area contributed by atoms with Gasteiger partial charge in [0.05, 0.1) is 12.8 Å². The van der Waals surface area contributed by atoms with Gasteiger partial charge in [0.2, 0.25) is 0 Å². The lowest BCUT2D eigenvalue weighted by Gasteiger charge is -2.16. The van der Waals surface area contributed by atoms with E-state index in [-0.39, 0.29) is 22.6 Å². The zero-order chi connectivity index (χ0) is 18.2. The van der Waals surface area contributed by atoms with Crippen LogP contribution in [0.25, 0.3) is 16.7 Å². The molecule has 0 unspecified atom stereocenters. The van der Waals surface area contributed by atoms with Gasteiger partial charge in [-0.25, -0.2) is 14.3 Å². The largest absolute Gasteiger partial charge is 0.496 e. The Morgan fingerprint density at radius 2 is 1.84 bits per heavy atom. The number of alkyl halides is 3. The number of anilines is 1. The lowest BCUT2D eigenvalue weighted by Crippen LogP contribution is -2.25. The lowest BCUT2D eigenvalue weighted by molar-refractivity contribution is -0.141. The summed E-state index contributed by atoms with van der Waals surface area (Å²) in [5.74, 6) is 0.00381. The van der Waals surface area contributed by atoms with Crippen LogP contribution in [0.15, 0.2) is 41.2 Å². The lowest BCUT2D eigenvalue weighted by atomic mass is 10.2. The van der Waals surface area contributed by atoms with Crippen molar-refractivity contribution in [1.82, 2.24) is 14.5 Å². The van der Waals surface area contributed by atoms with Crippen LogP contribution in [0.5, 0.6) is 5.75 Å². The monoisotopic (exact) mass is 350 g/mol. The van der Waals surface area contributed by atoms with E-state index >= 15 is 0 Å².